The van der Waals surface area contributed by atoms with Gasteiger partial charge in [-0.3, -0.25) is 0 Å². The van der Waals surface area contributed by atoms with Crippen LogP contribution in [0.25, 0.3) is 76.8 Å². The lowest BCUT2D eigenvalue weighted by molar-refractivity contribution is 1.12. The van der Waals surface area contributed by atoms with E-state index in [1.807, 2.05) is 0 Å². The quantitative estimate of drug-likeness (QED) is 0.155. The Hall–Kier alpha value is -5.46. The van der Waals surface area contributed by atoms with Gasteiger partial charge >= 0.3 is 0 Å². The fraction of sp³-hybridized carbons (Fsp3) is 0.391. The highest BCUT2D eigenvalue weighted by Crippen LogP contribution is 2.59. The summed E-state index contributed by atoms with van der Waals surface area (Å²) in [5.74, 6) is 0. The van der Waals surface area contributed by atoms with Gasteiger partial charge in [0, 0.05) is 0 Å². The number of aryl methyl sites for hydroxylation is 7. The zero-order chi connectivity index (χ0) is 51.0. The number of hydrogen-bond donors (Lipinski definition) is 0. The lowest BCUT2D eigenvalue weighted by atomic mass is 9.71. The molecule has 8 aromatic carbocycles. The van der Waals surface area contributed by atoms with Crippen molar-refractivity contribution in [1.29, 1.82) is 0 Å². The molecule has 0 unspecified atom stereocenters. The van der Waals surface area contributed by atoms with Crippen molar-refractivity contribution in [2.45, 2.75) is 186 Å². The third-order valence-electron chi connectivity index (χ3n) is 20.5. The molecule has 9 rings (SSSR count). The summed E-state index contributed by atoms with van der Waals surface area (Å²) >= 11 is 0. The molecule has 0 saturated heterocycles. The van der Waals surface area contributed by atoms with Crippen LogP contribution in [0, 0.1) is 180 Å². The molecule has 0 heteroatoms. The van der Waals surface area contributed by atoms with Gasteiger partial charge in [0.25, 0.3) is 0 Å². The Kier molecular flexibility index (Phi) is 11.3. The highest BCUT2D eigenvalue weighted by molar-refractivity contribution is 6.28. The molecule has 1 aliphatic rings. The Morgan fingerprint density at radius 1 is 0.130 bits per heavy atom. The fourth-order valence-corrected chi connectivity index (χ4v) is 14.2. The van der Waals surface area contributed by atoms with Crippen molar-refractivity contribution < 1.29 is 0 Å². The first-order valence-corrected chi connectivity index (χ1v) is 26.0. The average Bonchev–Trinajstić information content (AvgIpc) is 3.72. The van der Waals surface area contributed by atoms with Crippen molar-refractivity contribution in [3.8, 4) is 44.5 Å². The van der Waals surface area contributed by atoms with Gasteiger partial charge in [0.15, 0.2) is 0 Å². The second kappa shape index (κ2) is 16.0. The van der Waals surface area contributed by atoms with E-state index in [0.29, 0.717) is 0 Å². The monoisotopic (exact) mass is 909 g/mol. The zero-order valence-electron chi connectivity index (χ0n) is 47.7. The molecule has 1 aliphatic carbocycles. The maximum Gasteiger partial charge on any atom is -0.000766 e. The molecule has 0 aliphatic heterocycles. The predicted octanol–water partition coefficient (Wildman–Crippen LogP) is 19.7. The van der Waals surface area contributed by atoms with Crippen molar-refractivity contribution in [3.63, 3.8) is 0 Å². The minimum Gasteiger partial charge on any atom is -0.0447 e. The van der Waals surface area contributed by atoms with Crippen LogP contribution in [0.4, 0.5) is 0 Å². The molecule has 69 heavy (non-hydrogen) atoms. The Balaban J connectivity index is 1.67. The highest BCUT2D eigenvalue weighted by Gasteiger charge is 2.36. The van der Waals surface area contributed by atoms with E-state index in [2.05, 4.69) is 180 Å². The minimum absolute atomic E-state index is 0.991. The molecular weight excluding hydrogens is 829 g/mol. The Morgan fingerprint density at radius 3 is 0.754 bits per heavy atom. The van der Waals surface area contributed by atoms with E-state index in [-0.39, 0.29) is 0 Å². The van der Waals surface area contributed by atoms with Crippen molar-refractivity contribution in [2.75, 3.05) is 0 Å². The van der Waals surface area contributed by atoms with Gasteiger partial charge in [-0.2, -0.15) is 0 Å². The van der Waals surface area contributed by atoms with Crippen LogP contribution in [0.3, 0.4) is 0 Å². The van der Waals surface area contributed by atoms with Gasteiger partial charge in [-0.25, -0.2) is 0 Å². The summed E-state index contributed by atoms with van der Waals surface area (Å²) in [5.41, 5.74) is 51.4. The van der Waals surface area contributed by atoms with Gasteiger partial charge in [0.1, 0.15) is 0 Å². The first kappa shape index (κ1) is 48.6. The molecular formula is C69H80. The van der Waals surface area contributed by atoms with E-state index in [1.165, 1.54) is 233 Å². The molecule has 0 aromatic heterocycles. The normalized spacial score (nSPS) is 12.4. The molecule has 8 aromatic rings. The summed E-state index contributed by atoms with van der Waals surface area (Å²) < 4.78 is 0. The maximum absolute atomic E-state index is 2.50. The molecule has 0 fully saturated rings. The first-order chi connectivity index (χ1) is 32.2. The number of rotatable bonds is 3. The van der Waals surface area contributed by atoms with Gasteiger partial charge in [0.2, 0.25) is 0 Å². The SMILES string of the molecule is Cc1c(C)c(C)c(-c2c(C)c(-c3c4c(C)c(C)c(C)c(C)c4c(-c4c(C)c(C)c(C)c5c4-c4c(C)c(C)c(C)c(C)c4C5)c4c(C)c(C)c(C)c(C)c34)c(C)c3c(C)c(C)c(C)c(C)c23)c(C)c1C. The predicted molar refractivity (Wildman–Crippen MR) is 307 cm³/mol. The first-order valence-electron chi connectivity index (χ1n) is 26.0. The van der Waals surface area contributed by atoms with Gasteiger partial charge in [-0.05, 0) is 419 Å². The van der Waals surface area contributed by atoms with E-state index in [4.69, 9.17) is 0 Å². The summed E-state index contributed by atoms with van der Waals surface area (Å²) in [6.45, 7) is 62.5. The molecule has 0 amide bonds. The summed E-state index contributed by atoms with van der Waals surface area (Å²) in [7, 11) is 0. The Morgan fingerprint density at radius 2 is 0.362 bits per heavy atom. The molecule has 0 spiro atoms. The van der Waals surface area contributed by atoms with Gasteiger partial charge in [0.05, 0.1) is 0 Å². The molecule has 0 saturated carbocycles. The lowest BCUT2D eigenvalue weighted by Gasteiger charge is -2.32. The molecule has 0 radical (unpaired) electrons. The average molecular weight is 909 g/mol. The summed E-state index contributed by atoms with van der Waals surface area (Å²) in [6.07, 6.45) is 0.991. The van der Waals surface area contributed by atoms with Crippen molar-refractivity contribution in [1.82, 2.24) is 0 Å². The van der Waals surface area contributed by atoms with Crippen LogP contribution in [0.2, 0.25) is 0 Å². The van der Waals surface area contributed by atoms with Crippen molar-refractivity contribution in [3.05, 3.63) is 156 Å². The van der Waals surface area contributed by atoms with E-state index in [1.54, 1.807) is 0 Å². The largest absolute Gasteiger partial charge is 0.0447 e. The van der Waals surface area contributed by atoms with Crippen molar-refractivity contribution >= 4 is 32.3 Å². The van der Waals surface area contributed by atoms with E-state index >= 15 is 0 Å². The zero-order valence-corrected chi connectivity index (χ0v) is 47.7. The smallest absolute Gasteiger partial charge is 0.000766 e. The topological polar surface area (TPSA) is 0 Å². The lowest BCUT2D eigenvalue weighted by Crippen LogP contribution is -2.09. The summed E-state index contributed by atoms with van der Waals surface area (Å²) in [6, 6.07) is 0. The van der Waals surface area contributed by atoms with Crippen LogP contribution in [-0.2, 0) is 6.42 Å². The molecule has 0 heterocycles. The third-order valence-corrected chi connectivity index (χ3v) is 20.5. The van der Waals surface area contributed by atoms with Crippen molar-refractivity contribution in [2.24, 2.45) is 0 Å². The van der Waals surface area contributed by atoms with Crippen LogP contribution in [0.15, 0.2) is 0 Å². The van der Waals surface area contributed by atoms with E-state index in [0.717, 1.165) is 6.42 Å². The van der Waals surface area contributed by atoms with Gasteiger partial charge < -0.3 is 0 Å². The number of fused-ring (bicyclic) bond motifs is 6. The maximum atomic E-state index is 2.50. The van der Waals surface area contributed by atoms with Crippen LogP contribution in [0.1, 0.15) is 156 Å². The summed E-state index contributed by atoms with van der Waals surface area (Å²) in [5, 5.41) is 8.60. The van der Waals surface area contributed by atoms with Crippen LogP contribution >= 0.6 is 0 Å². The molecule has 356 valence electrons. The highest BCUT2D eigenvalue weighted by atomic mass is 14.4. The second-order valence-electron chi connectivity index (χ2n) is 22.6. The fourth-order valence-electron chi connectivity index (χ4n) is 14.2. The van der Waals surface area contributed by atoms with Crippen LogP contribution < -0.4 is 0 Å². The molecule has 0 bridgehead atoms. The molecule has 0 N–H and O–H groups in total. The van der Waals surface area contributed by atoms with Gasteiger partial charge in [-0.15, -0.1) is 0 Å². The van der Waals surface area contributed by atoms with E-state index < -0.39 is 0 Å². The van der Waals surface area contributed by atoms with E-state index in [9.17, 15) is 0 Å². The third kappa shape index (κ3) is 6.06. The number of hydrogen-bond acceptors (Lipinski definition) is 0. The summed E-state index contributed by atoms with van der Waals surface area (Å²) in [4.78, 5) is 0. The van der Waals surface area contributed by atoms with Gasteiger partial charge in [-0.1, -0.05) is 0 Å². The minimum atomic E-state index is 0.991. The second-order valence-corrected chi connectivity index (χ2v) is 22.6. The molecule has 0 atom stereocenters. The number of benzene rings is 8. The Bertz CT molecular complexity index is 3640. The Labute approximate surface area is 417 Å². The van der Waals surface area contributed by atoms with Crippen LogP contribution in [0.5, 0.6) is 0 Å². The standard InChI is InChI=1S/C69H80/c1-28-30(3)42(15)56(43(16)31(28)4)66-53(26)58(52(25)57-44(17)33(6)34(7)46(19)60(57)66)68-61-47(20)35(8)37(10)49(22)63(61)69(64-50(23)38(11)36(9)48(21)62(64)68)65-51(24)39(12)41(14)55-27-54-40(13)29(2)32(5)45(18)59(54)67(55)65/h27H2,1-26H3. The van der Waals surface area contributed by atoms with Crippen LogP contribution in [-0.4, -0.2) is 0 Å². The molecule has 0 nitrogen and oxygen atoms in total.